The first-order valence-corrected chi connectivity index (χ1v) is 20.8. The van der Waals surface area contributed by atoms with Crippen molar-refractivity contribution in [3.8, 4) is 62.8 Å². The molecule has 13 aromatic rings. The van der Waals surface area contributed by atoms with E-state index in [1.807, 2.05) is 97.1 Å². The third kappa shape index (κ3) is 5.88. The molecule has 0 aliphatic rings. The lowest BCUT2D eigenvalue weighted by atomic mass is 10.0. The number of hydrogen-bond acceptors (Lipinski definition) is 7. The van der Waals surface area contributed by atoms with Crippen LogP contribution in [0, 0.1) is 0 Å². The molecule has 0 radical (unpaired) electrons. The van der Waals surface area contributed by atoms with Crippen LogP contribution in [-0.4, -0.2) is 29.5 Å². The van der Waals surface area contributed by atoms with Gasteiger partial charge in [-0.2, -0.15) is 0 Å². The second-order valence-electron chi connectivity index (χ2n) is 15.7. The molecule has 4 aromatic heterocycles. The minimum absolute atomic E-state index is 0.547. The van der Waals surface area contributed by atoms with Crippen molar-refractivity contribution >= 4 is 65.6 Å². The van der Waals surface area contributed by atoms with E-state index in [4.69, 9.17) is 33.8 Å². The van der Waals surface area contributed by atoms with E-state index in [1.165, 1.54) is 26.9 Å². The van der Waals surface area contributed by atoms with Crippen LogP contribution in [0.2, 0.25) is 0 Å². The minimum atomic E-state index is 0.547. The molecule has 13 rings (SSSR count). The summed E-state index contributed by atoms with van der Waals surface area (Å²) in [7, 11) is 0. The second kappa shape index (κ2) is 13.9. The summed E-state index contributed by atoms with van der Waals surface area (Å²) in [6.07, 6.45) is 0. The summed E-state index contributed by atoms with van der Waals surface area (Å²) in [6.45, 7) is 0. The zero-order valence-electron chi connectivity index (χ0n) is 33.5. The largest absolute Gasteiger partial charge is 0.436 e. The minimum Gasteiger partial charge on any atom is -0.436 e. The third-order valence-electron chi connectivity index (χ3n) is 11.9. The molecule has 0 atom stereocenters. The van der Waals surface area contributed by atoms with E-state index < -0.39 is 0 Å². The molecule has 0 spiro atoms. The molecule has 0 saturated heterocycles. The number of nitrogens with zero attached hydrogens (tertiary/aromatic N) is 6. The quantitative estimate of drug-likeness (QED) is 0.165. The van der Waals surface area contributed by atoms with E-state index >= 15 is 0 Å². The van der Waals surface area contributed by atoms with Crippen LogP contribution < -0.4 is 0 Å². The van der Waals surface area contributed by atoms with Crippen LogP contribution in [0.5, 0.6) is 0 Å². The molecule has 0 unspecified atom stereocenters. The Labute approximate surface area is 359 Å². The van der Waals surface area contributed by atoms with Gasteiger partial charge in [-0.1, -0.05) is 109 Å². The predicted octanol–water partition coefficient (Wildman–Crippen LogP) is 13.9. The standard InChI is InChI=1S/C55H32N6O2/c1-2-11-39-31-41(28-25-33(39)9-1)61-46-29-27-40(32-43(46)50-42-12-4-3-10-34(42)26-30-47(50)61)53-59-51(35-17-21-37(22-18-35)54-56-44-13-5-7-15-48(44)62-54)58-52(60-53)36-19-23-38(24-20-36)55-57-45-14-6-8-16-49(45)63-55/h1-32H. The van der Waals surface area contributed by atoms with Gasteiger partial charge in [0, 0.05) is 44.3 Å². The lowest BCUT2D eigenvalue weighted by molar-refractivity contribution is 0.619. The Balaban J connectivity index is 0.976. The monoisotopic (exact) mass is 808 g/mol. The Bertz CT molecular complexity index is 3720. The average Bonchev–Trinajstić information content (AvgIpc) is 4.08. The molecule has 4 heterocycles. The van der Waals surface area contributed by atoms with Crippen LogP contribution in [0.25, 0.3) is 128 Å². The molecular formula is C55H32N6O2. The summed E-state index contributed by atoms with van der Waals surface area (Å²) in [5.41, 5.74) is 10.7. The Morgan fingerprint density at radius 1 is 0.333 bits per heavy atom. The summed E-state index contributed by atoms with van der Waals surface area (Å²) >= 11 is 0. The fourth-order valence-corrected chi connectivity index (χ4v) is 8.80. The molecule has 0 saturated carbocycles. The van der Waals surface area contributed by atoms with Crippen molar-refractivity contribution in [2.75, 3.05) is 0 Å². The van der Waals surface area contributed by atoms with Crippen LogP contribution in [0.1, 0.15) is 0 Å². The van der Waals surface area contributed by atoms with Crippen molar-refractivity contribution in [2.45, 2.75) is 0 Å². The van der Waals surface area contributed by atoms with Gasteiger partial charge in [-0.05, 0) is 106 Å². The maximum absolute atomic E-state index is 6.09. The smallest absolute Gasteiger partial charge is 0.227 e. The van der Waals surface area contributed by atoms with E-state index in [9.17, 15) is 0 Å². The SMILES string of the molecule is c1ccc2cc(-n3c4ccc(-c5nc(-c6ccc(-c7nc8ccccc8o7)cc6)nc(-c6ccc(-c7nc8ccccc8o7)cc6)n5)cc4c4c5ccccc5ccc43)ccc2c1. The normalized spacial score (nSPS) is 11.8. The van der Waals surface area contributed by atoms with Crippen molar-refractivity contribution in [2.24, 2.45) is 0 Å². The number of oxazole rings is 2. The Morgan fingerprint density at radius 2 is 0.825 bits per heavy atom. The van der Waals surface area contributed by atoms with Crippen molar-refractivity contribution in [3.05, 3.63) is 194 Å². The molecule has 0 N–H and O–H groups in total. The van der Waals surface area contributed by atoms with Crippen LogP contribution in [-0.2, 0) is 0 Å². The number of aromatic nitrogens is 6. The fourth-order valence-electron chi connectivity index (χ4n) is 8.80. The van der Waals surface area contributed by atoms with Gasteiger partial charge in [0.2, 0.25) is 11.8 Å². The lowest BCUT2D eigenvalue weighted by Crippen LogP contribution is -2.00. The van der Waals surface area contributed by atoms with Gasteiger partial charge in [-0.15, -0.1) is 0 Å². The first-order chi connectivity index (χ1) is 31.2. The van der Waals surface area contributed by atoms with Gasteiger partial charge in [0.15, 0.2) is 28.6 Å². The first kappa shape index (κ1) is 35.0. The molecule has 9 aromatic carbocycles. The highest BCUT2D eigenvalue weighted by Crippen LogP contribution is 2.40. The summed E-state index contributed by atoms with van der Waals surface area (Å²) in [6, 6.07) is 66.4. The molecule has 63 heavy (non-hydrogen) atoms. The molecule has 0 aliphatic carbocycles. The Kier molecular flexibility index (Phi) is 7.74. The van der Waals surface area contributed by atoms with Gasteiger partial charge >= 0.3 is 0 Å². The molecule has 0 amide bonds. The van der Waals surface area contributed by atoms with Gasteiger partial charge in [0.1, 0.15) is 11.0 Å². The second-order valence-corrected chi connectivity index (χ2v) is 15.7. The summed E-state index contributed by atoms with van der Waals surface area (Å²) in [5.74, 6) is 2.78. The lowest BCUT2D eigenvalue weighted by Gasteiger charge is -2.11. The Morgan fingerprint density at radius 3 is 1.46 bits per heavy atom. The van der Waals surface area contributed by atoms with Crippen LogP contribution in [0.3, 0.4) is 0 Å². The van der Waals surface area contributed by atoms with E-state index in [0.29, 0.717) is 29.3 Å². The fraction of sp³-hybridized carbons (Fsp3) is 0. The number of rotatable bonds is 6. The topological polar surface area (TPSA) is 95.7 Å². The highest BCUT2D eigenvalue weighted by atomic mass is 16.4. The number of hydrogen-bond donors (Lipinski definition) is 0. The Hall–Kier alpha value is -8.75. The van der Waals surface area contributed by atoms with Crippen molar-refractivity contribution in [1.82, 2.24) is 29.5 Å². The highest BCUT2D eigenvalue weighted by Gasteiger charge is 2.19. The number of para-hydroxylation sites is 4. The van der Waals surface area contributed by atoms with Crippen molar-refractivity contribution in [1.29, 1.82) is 0 Å². The van der Waals surface area contributed by atoms with Crippen molar-refractivity contribution < 1.29 is 8.83 Å². The zero-order chi connectivity index (χ0) is 41.4. The maximum atomic E-state index is 6.09. The number of fused-ring (bicyclic) bond motifs is 8. The maximum Gasteiger partial charge on any atom is 0.227 e. The van der Waals surface area contributed by atoms with Crippen LogP contribution in [0.15, 0.2) is 203 Å². The average molecular weight is 809 g/mol. The third-order valence-corrected chi connectivity index (χ3v) is 11.9. The van der Waals surface area contributed by atoms with Gasteiger partial charge in [-0.25, -0.2) is 24.9 Å². The molecule has 0 fully saturated rings. The number of benzene rings is 9. The summed E-state index contributed by atoms with van der Waals surface area (Å²) in [4.78, 5) is 24.9. The van der Waals surface area contributed by atoms with Gasteiger partial charge in [0.05, 0.1) is 11.0 Å². The zero-order valence-corrected chi connectivity index (χ0v) is 33.5. The summed E-state index contributed by atoms with van der Waals surface area (Å²) in [5, 5.41) is 7.06. The molecule has 8 heteroatoms. The van der Waals surface area contributed by atoms with E-state index in [2.05, 4.69) is 102 Å². The van der Waals surface area contributed by atoms with Crippen LogP contribution >= 0.6 is 0 Å². The molecule has 8 nitrogen and oxygen atoms in total. The molecule has 294 valence electrons. The van der Waals surface area contributed by atoms with Gasteiger partial charge in [-0.3, -0.25) is 0 Å². The van der Waals surface area contributed by atoms with E-state index in [-0.39, 0.29) is 0 Å². The molecular weight excluding hydrogens is 777 g/mol. The van der Waals surface area contributed by atoms with Gasteiger partial charge in [0.25, 0.3) is 0 Å². The summed E-state index contributed by atoms with van der Waals surface area (Å²) < 4.78 is 14.5. The van der Waals surface area contributed by atoms with E-state index in [1.54, 1.807) is 0 Å². The van der Waals surface area contributed by atoms with E-state index in [0.717, 1.165) is 72.1 Å². The van der Waals surface area contributed by atoms with Crippen LogP contribution in [0.4, 0.5) is 0 Å². The predicted molar refractivity (Wildman–Crippen MR) is 251 cm³/mol. The molecule has 0 bridgehead atoms. The van der Waals surface area contributed by atoms with Crippen molar-refractivity contribution in [3.63, 3.8) is 0 Å². The molecule has 0 aliphatic heterocycles. The first-order valence-electron chi connectivity index (χ1n) is 20.8. The van der Waals surface area contributed by atoms with Gasteiger partial charge < -0.3 is 13.4 Å². The highest BCUT2D eigenvalue weighted by molar-refractivity contribution is 6.22.